The molecule has 4 rings (SSSR count). The molecule has 0 spiro atoms. The van der Waals surface area contributed by atoms with Gasteiger partial charge in [0.05, 0.1) is 35.6 Å². The largest absolute Gasteiger partial charge is 0.381 e. The number of hydrogen-bond acceptors (Lipinski definition) is 6. The third kappa shape index (κ3) is 5.55. The van der Waals surface area contributed by atoms with Crippen molar-refractivity contribution in [1.29, 1.82) is 0 Å². The Morgan fingerprint density at radius 2 is 1.82 bits per heavy atom. The molecule has 2 aliphatic rings. The average molecular weight is 474 g/mol. The zero-order valence-electron chi connectivity index (χ0n) is 19.1. The van der Waals surface area contributed by atoms with E-state index in [1.54, 1.807) is 18.2 Å². The van der Waals surface area contributed by atoms with Crippen LogP contribution in [-0.4, -0.2) is 64.2 Å². The number of aryl methyl sites for hydroxylation is 2. The highest BCUT2D eigenvalue weighted by Gasteiger charge is 2.27. The maximum Gasteiger partial charge on any atom is 0.255 e. The van der Waals surface area contributed by atoms with Crippen molar-refractivity contribution >= 4 is 27.3 Å². The van der Waals surface area contributed by atoms with E-state index in [0.717, 1.165) is 30.6 Å². The van der Waals surface area contributed by atoms with Crippen molar-refractivity contribution in [2.24, 2.45) is 0 Å². The summed E-state index contributed by atoms with van der Waals surface area (Å²) in [6.07, 6.45) is 2.10. The average Bonchev–Trinajstić information content (AvgIpc) is 3.34. The van der Waals surface area contributed by atoms with Crippen molar-refractivity contribution in [3.63, 3.8) is 0 Å². The molecule has 2 aromatic carbocycles. The van der Waals surface area contributed by atoms with Crippen molar-refractivity contribution in [2.45, 2.75) is 37.7 Å². The number of rotatable bonds is 7. The van der Waals surface area contributed by atoms with Gasteiger partial charge in [0, 0.05) is 31.8 Å². The van der Waals surface area contributed by atoms with Crippen molar-refractivity contribution in [3.8, 4) is 0 Å². The molecule has 1 unspecified atom stereocenters. The summed E-state index contributed by atoms with van der Waals surface area (Å²) in [5, 5.41) is 6.24. The van der Waals surface area contributed by atoms with Crippen LogP contribution in [0.5, 0.6) is 0 Å². The van der Waals surface area contributed by atoms with E-state index in [4.69, 9.17) is 9.47 Å². The van der Waals surface area contributed by atoms with Gasteiger partial charge in [0.15, 0.2) is 0 Å². The Kier molecular flexibility index (Phi) is 7.33. The Morgan fingerprint density at radius 3 is 2.52 bits per heavy atom. The highest BCUT2D eigenvalue weighted by Crippen LogP contribution is 2.29. The maximum absolute atomic E-state index is 13.2. The third-order valence-electron chi connectivity index (χ3n) is 6.16. The van der Waals surface area contributed by atoms with Gasteiger partial charge in [-0.3, -0.25) is 4.79 Å². The number of benzene rings is 2. The molecule has 178 valence electrons. The molecule has 0 aliphatic carbocycles. The number of ether oxygens (including phenoxy) is 2. The molecule has 8 nitrogen and oxygen atoms in total. The minimum atomic E-state index is -3.70. The highest BCUT2D eigenvalue weighted by atomic mass is 32.2. The molecular weight excluding hydrogens is 442 g/mol. The van der Waals surface area contributed by atoms with Crippen molar-refractivity contribution in [2.75, 3.05) is 50.1 Å². The first kappa shape index (κ1) is 23.7. The molecule has 2 N–H and O–H groups in total. The fourth-order valence-electron chi connectivity index (χ4n) is 3.98. The van der Waals surface area contributed by atoms with E-state index in [1.165, 1.54) is 10.4 Å². The first-order valence-electron chi connectivity index (χ1n) is 11.3. The summed E-state index contributed by atoms with van der Waals surface area (Å²) in [6, 6.07) is 10.3. The van der Waals surface area contributed by atoms with Crippen LogP contribution in [0.3, 0.4) is 0 Å². The zero-order chi connectivity index (χ0) is 23.4. The Hall–Kier alpha value is -2.46. The van der Waals surface area contributed by atoms with Gasteiger partial charge in [0.2, 0.25) is 10.0 Å². The fourth-order valence-corrected chi connectivity index (χ4v) is 5.42. The summed E-state index contributed by atoms with van der Waals surface area (Å²) < 4.78 is 38.7. The second-order valence-corrected chi connectivity index (χ2v) is 10.4. The van der Waals surface area contributed by atoms with Crippen LogP contribution in [0.2, 0.25) is 0 Å². The molecule has 0 radical (unpaired) electrons. The van der Waals surface area contributed by atoms with Crippen LogP contribution < -0.4 is 10.6 Å². The normalized spacial score (nSPS) is 19.4. The molecule has 33 heavy (non-hydrogen) atoms. The number of anilines is 2. The second kappa shape index (κ2) is 10.2. The van der Waals surface area contributed by atoms with E-state index in [-0.39, 0.29) is 16.9 Å². The van der Waals surface area contributed by atoms with Gasteiger partial charge in [-0.2, -0.15) is 4.31 Å². The Morgan fingerprint density at radius 1 is 1.03 bits per heavy atom. The van der Waals surface area contributed by atoms with E-state index >= 15 is 0 Å². The summed E-state index contributed by atoms with van der Waals surface area (Å²) in [5.41, 5.74) is 3.71. The molecule has 2 fully saturated rings. The molecule has 9 heteroatoms. The predicted molar refractivity (Wildman–Crippen MR) is 127 cm³/mol. The summed E-state index contributed by atoms with van der Waals surface area (Å²) in [6.45, 7) is 6.65. The Balaban J connectivity index is 1.61. The Bertz CT molecular complexity index is 1110. The van der Waals surface area contributed by atoms with Crippen LogP contribution >= 0.6 is 0 Å². The van der Waals surface area contributed by atoms with Gasteiger partial charge < -0.3 is 20.1 Å². The molecular formula is C24H31N3O5S. The standard InChI is InChI=1S/C24H31N3O5S/c1-17-5-6-19(14-18(17)2)24(28)26-23-15-21(33(29,30)27-9-12-31-13-10-27)7-8-22(23)25-16-20-4-3-11-32-20/h5-8,14-15,20,25H,3-4,9-13,16H2,1-2H3,(H,26,28). The van der Waals surface area contributed by atoms with Crippen LogP contribution in [0.4, 0.5) is 11.4 Å². The van der Waals surface area contributed by atoms with Crippen molar-refractivity contribution in [1.82, 2.24) is 4.31 Å². The predicted octanol–water partition coefficient (Wildman–Crippen LogP) is 3.17. The summed E-state index contributed by atoms with van der Waals surface area (Å²) in [4.78, 5) is 13.2. The van der Waals surface area contributed by atoms with Crippen LogP contribution in [-0.2, 0) is 19.5 Å². The van der Waals surface area contributed by atoms with E-state index in [2.05, 4.69) is 10.6 Å². The summed E-state index contributed by atoms with van der Waals surface area (Å²) in [7, 11) is -3.70. The molecule has 2 saturated heterocycles. The van der Waals surface area contributed by atoms with Crippen LogP contribution in [0.1, 0.15) is 34.3 Å². The minimum absolute atomic E-state index is 0.102. The van der Waals surface area contributed by atoms with Crippen LogP contribution in [0.15, 0.2) is 41.3 Å². The van der Waals surface area contributed by atoms with Crippen molar-refractivity contribution < 1.29 is 22.7 Å². The third-order valence-corrected chi connectivity index (χ3v) is 8.05. The minimum Gasteiger partial charge on any atom is -0.381 e. The van der Waals surface area contributed by atoms with E-state index in [9.17, 15) is 13.2 Å². The zero-order valence-corrected chi connectivity index (χ0v) is 19.9. The number of nitrogens with one attached hydrogen (secondary N) is 2. The van der Waals surface area contributed by atoms with E-state index < -0.39 is 10.0 Å². The van der Waals surface area contributed by atoms with Gasteiger partial charge >= 0.3 is 0 Å². The SMILES string of the molecule is Cc1ccc(C(=O)Nc2cc(S(=O)(=O)N3CCOCC3)ccc2NCC2CCCO2)cc1C. The number of carbonyl (C=O) groups is 1. The van der Waals surface area contributed by atoms with Gasteiger partial charge in [-0.25, -0.2) is 8.42 Å². The number of hydrogen-bond donors (Lipinski definition) is 2. The lowest BCUT2D eigenvalue weighted by molar-refractivity contribution is 0.0730. The number of sulfonamides is 1. The fraction of sp³-hybridized carbons (Fsp3) is 0.458. The second-order valence-electron chi connectivity index (χ2n) is 8.49. The topological polar surface area (TPSA) is 97.0 Å². The number of carbonyl (C=O) groups excluding carboxylic acids is 1. The maximum atomic E-state index is 13.2. The van der Waals surface area contributed by atoms with Gasteiger partial charge in [-0.1, -0.05) is 6.07 Å². The quantitative estimate of drug-likeness (QED) is 0.641. The van der Waals surface area contributed by atoms with E-state index in [1.807, 2.05) is 26.0 Å². The molecule has 2 heterocycles. The Labute approximate surface area is 195 Å². The van der Waals surface area contributed by atoms with Gasteiger partial charge in [-0.15, -0.1) is 0 Å². The molecule has 2 aromatic rings. The molecule has 2 aliphatic heterocycles. The molecule has 0 bridgehead atoms. The smallest absolute Gasteiger partial charge is 0.255 e. The number of nitrogens with zero attached hydrogens (tertiary/aromatic N) is 1. The molecule has 0 aromatic heterocycles. The first-order valence-corrected chi connectivity index (χ1v) is 12.7. The van der Waals surface area contributed by atoms with Gasteiger partial charge in [0.1, 0.15) is 0 Å². The number of amides is 1. The molecule has 1 atom stereocenters. The lowest BCUT2D eigenvalue weighted by Gasteiger charge is -2.26. The molecule has 0 saturated carbocycles. The summed E-state index contributed by atoms with van der Waals surface area (Å²) >= 11 is 0. The van der Waals surface area contributed by atoms with Gasteiger partial charge in [0.25, 0.3) is 5.91 Å². The lowest BCUT2D eigenvalue weighted by atomic mass is 10.1. The van der Waals surface area contributed by atoms with Gasteiger partial charge in [-0.05, 0) is 68.1 Å². The van der Waals surface area contributed by atoms with E-state index in [0.29, 0.717) is 49.8 Å². The van der Waals surface area contributed by atoms with Crippen molar-refractivity contribution in [3.05, 3.63) is 53.1 Å². The lowest BCUT2D eigenvalue weighted by Crippen LogP contribution is -2.40. The number of morpholine rings is 1. The highest BCUT2D eigenvalue weighted by molar-refractivity contribution is 7.89. The van der Waals surface area contributed by atoms with Crippen LogP contribution in [0, 0.1) is 13.8 Å². The monoisotopic (exact) mass is 473 g/mol. The van der Waals surface area contributed by atoms with Crippen LogP contribution in [0.25, 0.3) is 0 Å². The molecule has 1 amide bonds. The first-order chi connectivity index (χ1) is 15.8. The summed E-state index contributed by atoms with van der Waals surface area (Å²) in [5.74, 6) is -0.292.